The SMILES string of the molecule is CC(CCC(F)(F)F)c1ccc(C(F)(F)F)cc1.OC(CCC(F)(F)F)c1ccc(C(F)(F)F)cc1. The fraction of sp³-hybridized carbons (Fsp3) is 0.478. The zero-order valence-electron chi connectivity index (χ0n) is 18.6. The van der Waals surface area contributed by atoms with Gasteiger partial charge >= 0.3 is 24.7 Å². The maximum absolute atomic E-state index is 12.3. The smallest absolute Gasteiger partial charge is 0.388 e. The van der Waals surface area contributed by atoms with E-state index in [1.54, 1.807) is 6.92 Å². The molecule has 2 unspecified atom stereocenters. The predicted molar refractivity (Wildman–Crippen MR) is 107 cm³/mol. The number of hydrogen-bond donors (Lipinski definition) is 1. The van der Waals surface area contributed by atoms with Crippen molar-refractivity contribution in [3.05, 3.63) is 70.8 Å². The number of rotatable bonds is 6. The molecule has 0 heterocycles. The zero-order valence-corrected chi connectivity index (χ0v) is 18.6. The number of aliphatic hydroxyl groups is 1. The van der Waals surface area contributed by atoms with Gasteiger partial charge in [-0.2, -0.15) is 52.7 Å². The van der Waals surface area contributed by atoms with Crippen molar-refractivity contribution in [2.75, 3.05) is 0 Å². The van der Waals surface area contributed by atoms with Gasteiger partial charge in [-0.1, -0.05) is 31.2 Å². The molecular weight excluding hydrogens is 520 g/mol. The van der Waals surface area contributed by atoms with Crippen LogP contribution < -0.4 is 0 Å². The molecule has 0 fully saturated rings. The largest absolute Gasteiger partial charge is 0.416 e. The number of aliphatic hydroxyl groups excluding tert-OH is 1. The third-order valence-electron chi connectivity index (χ3n) is 4.99. The maximum atomic E-state index is 12.3. The molecule has 0 radical (unpaired) electrons. The first kappa shape index (κ1) is 31.6. The summed E-state index contributed by atoms with van der Waals surface area (Å²) < 4.78 is 145. The first-order valence-electron chi connectivity index (χ1n) is 10.3. The zero-order chi connectivity index (χ0) is 27.9. The van der Waals surface area contributed by atoms with Gasteiger partial charge < -0.3 is 5.11 Å². The molecule has 0 spiro atoms. The van der Waals surface area contributed by atoms with E-state index in [4.69, 9.17) is 0 Å². The highest BCUT2D eigenvalue weighted by atomic mass is 19.4. The van der Waals surface area contributed by atoms with Gasteiger partial charge in [0.05, 0.1) is 17.2 Å². The van der Waals surface area contributed by atoms with E-state index in [-0.39, 0.29) is 12.0 Å². The van der Waals surface area contributed by atoms with E-state index in [9.17, 15) is 57.8 Å². The Hall–Kier alpha value is -2.44. The van der Waals surface area contributed by atoms with Crippen molar-refractivity contribution in [1.82, 2.24) is 0 Å². The van der Waals surface area contributed by atoms with E-state index >= 15 is 0 Å². The average molecular weight is 542 g/mol. The summed E-state index contributed by atoms with van der Waals surface area (Å²) in [5.41, 5.74) is -1.19. The monoisotopic (exact) mass is 542 g/mol. The van der Waals surface area contributed by atoms with E-state index in [1.807, 2.05) is 0 Å². The summed E-state index contributed by atoms with van der Waals surface area (Å²) in [6.07, 6.45) is -21.8. The first-order valence-corrected chi connectivity index (χ1v) is 10.3. The Morgan fingerprint density at radius 3 is 1.22 bits per heavy atom. The molecule has 13 heteroatoms. The lowest BCUT2D eigenvalue weighted by atomic mass is 9.95. The fourth-order valence-electron chi connectivity index (χ4n) is 2.91. The summed E-state index contributed by atoms with van der Waals surface area (Å²) in [5.74, 6) is -0.422. The summed E-state index contributed by atoms with van der Waals surface area (Å²) in [5, 5.41) is 9.40. The van der Waals surface area contributed by atoms with Crippen LogP contribution in [0.1, 0.15) is 66.9 Å². The van der Waals surface area contributed by atoms with Gasteiger partial charge in [-0.15, -0.1) is 0 Å². The molecule has 1 N–H and O–H groups in total. The number of hydrogen-bond acceptors (Lipinski definition) is 1. The highest BCUT2D eigenvalue weighted by Crippen LogP contribution is 2.33. The van der Waals surface area contributed by atoms with Gasteiger partial charge in [-0.05, 0) is 54.2 Å². The number of alkyl halides is 12. The molecule has 2 rings (SSSR count). The lowest BCUT2D eigenvalue weighted by Gasteiger charge is -2.14. The molecule has 0 aliphatic rings. The molecule has 2 aromatic carbocycles. The van der Waals surface area contributed by atoms with Crippen LogP contribution >= 0.6 is 0 Å². The van der Waals surface area contributed by atoms with Crippen molar-refractivity contribution >= 4 is 0 Å². The Balaban J connectivity index is 0.000000360. The van der Waals surface area contributed by atoms with Crippen LogP contribution in [0.2, 0.25) is 0 Å². The van der Waals surface area contributed by atoms with Crippen molar-refractivity contribution in [3.8, 4) is 0 Å². The minimum atomic E-state index is -4.50. The fourth-order valence-corrected chi connectivity index (χ4v) is 2.91. The molecule has 1 nitrogen and oxygen atoms in total. The minimum Gasteiger partial charge on any atom is -0.388 e. The highest BCUT2D eigenvalue weighted by Gasteiger charge is 2.32. The van der Waals surface area contributed by atoms with Crippen LogP contribution in [0.3, 0.4) is 0 Å². The lowest BCUT2D eigenvalue weighted by molar-refractivity contribution is -0.140. The Kier molecular flexibility index (Phi) is 10.7. The van der Waals surface area contributed by atoms with E-state index in [0.29, 0.717) is 5.56 Å². The summed E-state index contributed by atoms with van der Waals surface area (Å²) in [6.45, 7) is 1.56. The van der Waals surface area contributed by atoms with Gasteiger partial charge in [0.2, 0.25) is 0 Å². The Morgan fingerprint density at radius 2 is 0.889 bits per heavy atom. The van der Waals surface area contributed by atoms with Crippen LogP contribution in [0.4, 0.5) is 52.7 Å². The third-order valence-corrected chi connectivity index (χ3v) is 4.99. The van der Waals surface area contributed by atoms with Gasteiger partial charge in [0.15, 0.2) is 0 Å². The molecule has 36 heavy (non-hydrogen) atoms. The molecule has 0 aliphatic heterocycles. The lowest BCUT2D eigenvalue weighted by Crippen LogP contribution is -2.10. The molecule has 0 bridgehead atoms. The Bertz CT molecular complexity index is 830. The van der Waals surface area contributed by atoms with Crippen molar-refractivity contribution in [2.24, 2.45) is 0 Å². The van der Waals surface area contributed by atoms with E-state index in [2.05, 4.69) is 0 Å². The number of halogens is 12. The molecule has 204 valence electrons. The highest BCUT2D eigenvalue weighted by molar-refractivity contribution is 5.27. The normalized spacial score (nSPS) is 14.6. The molecule has 2 atom stereocenters. The van der Waals surface area contributed by atoms with Crippen LogP contribution in [-0.4, -0.2) is 17.5 Å². The van der Waals surface area contributed by atoms with Gasteiger partial charge in [-0.25, -0.2) is 0 Å². The molecule has 0 aliphatic carbocycles. The average Bonchev–Trinajstić information content (AvgIpc) is 2.74. The topological polar surface area (TPSA) is 20.2 Å². The van der Waals surface area contributed by atoms with Crippen LogP contribution in [0.15, 0.2) is 48.5 Å². The molecular formula is C23H22F12O. The van der Waals surface area contributed by atoms with E-state index < -0.39 is 67.1 Å². The van der Waals surface area contributed by atoms with Crippen molar-refractivity contribution in [2.45, 2.75) is 69.3 Å². The minimum absolute atomic E-state index is 0.0345. The summed E-state index contributed by atoms with van der Waals surface area (Å²) in [4.78, 5) is 0. The van der Waals surface area contributed by atoms with E-state index in [0.717, 1.165) is 36.4 Å². The van der Waals surface area contributed by atoms with Crippen LogP contribution in [0.5, 0.6) is 0 Å². The second kappa shape index (κ2) is 12.2. The second-order valence-electron chi connectivity index (χ2n) is 7.96. The Labute approximate surface area is 198 Å². The standard InChI is InChI=1S/C12H12F6.C11H10F6O/c1-8(6-7-11(13,14)15)9-2-4-10(5-3-9)12(16,17)18;12-10(13,14)6-5-9(18)7-1-3-8(4-2-7)11(15,16)17/h2-5,8H,6-7H2,1H3;1-4,9,18H,5-6H2. The van der Waals surface area contributed by atoms with Gasteiger partial charge in [-0.3, -0.25) is 0 Å². The van der Waals surface area contributed by atoms with Crippen molar-refractivity contribution in [3.63, 3.8) is 0 Å². The maximum Gasteiger partial charge on any atom is 0.416 e. The Morgan fingerprint density at radius 1 is 0.556 bits per heavy atom. The van der Waals surface area contributed by atoms with Gasteiger partial charge in [0.1, 0.15) is 0 Å². The first-order chi connectivity index (χ1) is 16.2. The van der Waals surface area contributed by atoms with Crippen LogP contribution in [0, 0.1) is 0 Å². The molecule has 2 aromatic rings. The molecule has 0 saturated heterocycles. The van der Waals surface area contributed by atoms with E-state index in [1.165, 1.54) is 12.1 Å². The summed E-state index contributed by atoms with van der Waals surface area (Å²) >= 11 is 0. The molecule has 0 amide bonds. The second-order valence-corrected chi connectivity index (χ2v) is 7.96. The van der Waals surface area contributed by atoms with Gasteiger partial charge in [0, 0.05) is 12.8 Å². The van der Waals surface area contributed by atoms with Crippen LogP contribution in [0.25, 0.3) is 0 Å². The molecule has 0 aromatic heterocycles. The van der Waals surface area contributed by atoms with Crippen molar-refractivity contribution in [1.29, 1.82) is 0 Å². The molecule has 0 saturated carbocycles. The van der Waals surface area contributed by atoms with Gasteiger partial charge in [0.25, 0.3) is 0 Å². The predicted octanol–water partition coefficient (Wildman–Crippen LogP) is 9.23. The van der Waals surface area contributed by atoms with Crippen LogP contribution in [-0.2, 0) is 12.4 Å². The summed E-state index contributed by atoms with van der Waals surface area (Å²) in [6, 6.07) is 7.64. The number of benzene rings is 2. The summed E-state index contributed by atoms with van der Waals surface area (Å²) in [7, 11) is 0. The quantitative estimate of drug-likeness (QED) is 0.361. The van der Waals surface area contributed by atoms with Crippen molar-refractivity contribution < 1.29 is 57.8 Å². The third kappa shape index (κ3) is 12.0.